The molecule has 0 aliphatic heterocycles. The van der Waals surface area contributed by atoms with Crippen molar-refractivity contribution in [3.05, 3.63) is 27.0 Å². The van der Waals surface area contributed by atoms with Crippen LogP contribution >= 0.6 is 11.3 Å². The van der Waals surface area contributed by atoms with Crippen molar-refractivity contribution in [2.75, 3.05) is 6.61 Å². The number of hydrogen-bond donors (Lipinski definition) is 2. The summed E-state index contributed by atoms with van der Waals surface area (Å²) in [5.41, 5.74) is 0.605. The number of nitrogens with zero attached hydrogens (tertiary/aromatic N) is 2. The second kappa shape index (κ2) is 7.90. The molecule has 0 aliphatic carbocycles. The van der Waals surface area contributed by atoms with Gasteiger partial charge in [0.15, 0.2) is 0 Å². The summed E-state index contributed by atoms with van der Waals surface area (Å²) >= 11 is 1.47. The molecule has 24 heavy (non-hydrogen) atoms. The molecule has 0 radical (unpaired) electrons. The molecule has 0 saturated carbocycles. The molecule has 7 heteroatoms. The molecule has 132 valence electrons. The van der Waals surface area contributed by atoms with Crippen molar-refractivity contribution < 1.29 is 9.90 Å². The SMILES string of the molecule is CCc1cc2c(C(C)C)nn(CC(=O)NC(CC)CO)c(=O)c2s1. The van der Waals surface area contributed by atoms with Gasteiger partial charge in [-0.3, -0.25) is 9.59 Å². The van der Waals surface area contributed by atoms with Crippen LogP contribution in [-0.2, 0) is 17.8 Å². The number of aliphatic hydroxyl groups is 1. The zero-order valence-corrected chi connectivity index (χ0v) is 15.4. The maximum absolute atomic E-state index is 12.7. The summed E-state index contributed by atoms with van der Waals surface area (Å²) in [5.74, 6) is -0.158. The van der Waals surface area contributed by atoms with E-state index in [1.165, 1.54) is 16.0 Å². The van der Waals surface area contributed by atoms with E-state index in [1.807, 2.05) is 26.8 Å². The first-order chi connectivity index (χ1) is 11.4. The van der Waals surface area contributed by atoms with Crippen LogP contribution in [0.2, 0.25) is 0 Å². The molecule has 0 saturated heterocycles. The zero-order chi connectivity index (χ0) is 17.9. The molecule has 0 spiro atoms. The Morgan fingerprint density at radius 1 is 1.42 bits per heavy atom. The minimum Gasteiger partial charge on any atom is -0.394 e. The number of thiophene rings is 1. The van der Waals surface area contributed by atoms with E-state index in [1.54, 1.807) is 0 Å². The van der Waals surface area contributed by atoms with E-state index < -0.39 is 0 Å². The van der Waals surface area contributed by atoms with Gasteiger partial charge >= 0.3 is 0 Å². The molecule has 2 heterocycles. The summed E-state index contributed by atoms with van der Waals surface area (Å²) in [7, 11) is 0. The van der Waals surface area contributed by atoms with E-state index in [0.717, 1.165) is 22.4 Å². The number of nitrogens with one attached hydrogen (secondary N) is 1. The third kappa shape index (κ3) is 3.84. The molecule has 0 aliphatic rings. The molecule has 1 unspecified atom stereocenters. The number of amides is 1. The van der Waals surface area contributed by atoms with Crippen LogP contribution in [0, 0.1) is 0 Å². The van der Waals surface area contributed by atoms with Gasteiger partial charge in [-0.05, 0) is 24.8 Å². The van der Waals surface area contributed by atoms with Crippen molar-refractivity contribution in [1.29, 1.82) is 0 Å². The van der Waals surface area contributed by atoms with Crippen molar-refractivity contribution in [1.82, 2.24) is 15.1 Å². The number of aromatic nitrogens is 2. The number of aryl methyl sites for hydroxylation is 1. The second-order valence-electron chi connectivity index (χ2n) is 6.17. The van der Waals surface area contributed by atoms with Gasteiger partial charge in [-0.1, -0.05) is 27.7 Å². The zero-order valence-electron chi connectivity index (χ0n) is 14.6. The van der Waals surface area contributed by atoms with Gasteiger partial charge in [0.1, 0.15) is 11.2 Å². The molecule has 2 aromatic heterocycles. The van der Waals surface area contributed by atoms with E-state index in [-0.39, 0.29) is 36.6 Å². The van der Waals surface area contributed by atoms with Crippen molar-refractivity contribution >= 4 is 27.3 Å². The van der Waals surface area contributed by atoms with Crippen molar-refractivity contribution in [3.63, 3.8) is 0 Å². The molecule has 0 bridgehead atoms. The third-order valence-corrected chi connectivity index (χ3v) is 5.25. The lowest BCUT2D eigenvalue weighted by Gasteiger charge is -2.15. The highest BCUT2D eigenvalue weighted by molar-refractivity contribution is 7.19. The number of aliphatic hydroxyl groups excluding tert-OH is 1. The summed E-state index contributed by atoms with van der Waals surface area (Å²) in [6, 6.07) is 1.74. The predicted molar refractivity (Wildman–Crippen MR) is 96.7 cm³/mol. The van der Waals surface area contributed by atoms with Crippen LogP contribution in [0.1, 0.15) is 50.6 Å². The van der Waals surface area contributed by atoms with E-state index in [4.69, 9.17) is 0 Å². The van der Waals surface area contributed by atoms with Crippen LogP contribution in [0.3, 0.4) is 0 Å². The number of carbonyl (C=O) groups excluding carboxylic acids is 1. The standard InChI is InChI=1S/C17H25N3O3S/c1-5-11(9-21)18-14(22)8-20-17(23)16-13(7-12(6-2)24-16)15(19-20)10(3)4/h7,10-11,21H,5-6,8-9H2,1-4H3,(H,18,22). The highest BCUT2D eigenvalue weighted by Gasteiger charge is 2.18. The summed E-state index contributed by atoms with van der Waals surface area (Å²) in [5, 5.41) is 17.2. The lowest BCUT2D eigenvalue weighted by atomic mass is 10.1. The lowest BCUT2D eigenvalue weighted by Crippen LogP contribution is -2.41. The number of fused-ring (bicyclic) bond motifs is 1. The summed E-state index contributed by atoms with van der Waals surface area (Å²) in [6.45, 7) is 7.74. The van der Waals surface area contributed by atoms with Crippen LogP contribution in [0.4, 0.5) is 0 Å². The molecule has 2 rings (SSSR count). The Kier molecular flexibility index (Phi) is 6.12. The van der Waals surface area contributed by atoms with Crippen molar-refractivity contribution in [2.24, 2.45) is 0 Å². The van der Waals surface area contributed by atoms with Gasteiger partial charge in [0.2, 0.25) is 5.91 Å². The predicted octanol–water partition coefficient (Wildman–Crippen LogP) is 2.03. The molecule has 2 aromatic rings. The summed E-state index contributed by atoms with van der Waals surface area (Å²) < 4.78 is 1.90. The van der Waals surface area contributed by atoms with E-state index in [9.17, 15) is 14.7 Å². The maximum atomic E-state index is 12.7. The number of rotatable bonds is 7. The molecule has 2 N–H and O–H groups in total. The highest BCUT2D eigenvalue weighted by atomic mass is 32.1. The Labute approximate surface area is 145 Å². The topological polar surface area (TPSA) is 84.2 Å². The number of carbonyl (C=O) groups is 1. The normalized spacial score (nSPS) is 12.8. The van der Waals surface area contributed by atoms with Crippen LogP contribution in [0.5, 0.6) is 0 Å². The number of hydrogen-bond acceptors (Lipinski definition) is 5. The van der Waals surface area contributed by atoms with Gasteiger partial charge in [0.25, 0.3) is 5.56 Å². The smallest absolute Gasteiger partial charge is 0.285 e. The molecule has 1 amide bonds. The first kappa shape index (κ1) is 18.6. The van der Waals surface area contributed by atoms with Crippen LogP contribution in [0.25, 0.3) is 10.1 Å². The van der Waals surface area contributed by atoms with Crippen LogP contribution in [-0.4, -0.2) is 33.4 Å². The first-order valence-corrected chi connectivity index (χ1v) is 9.16. The van der Waals surface area contributed by atoms with Gasteiger partial charge in [-0.25, -0.2) is 4.68 Å². The molecular formula is C17H25N3O3S. The fourth-order valence-electron chi connectivity index (χ4n) is 2.53. The van der Waals surface area contributed by atoms with Gasteiger partial charge in [0, 0.05) is 10.3 Å². The minimum atomic E-state index is -0.313. The molecule has 1 atom stereocenters. The Morgan fingerprint density at radius 3 is 2.67 bits per heavy atom. The van der Waals surface area contributed by atoms with E-state index >= 15 is 0 Å². The van der Waals surface area contributed by atoms with Gasteiger partial charge in [-0.15, -0.1) is 11.3 Å². The van der Waals surface area contributed by atoms with Gasteiger partial charge in [-0.2, -0.15) is 5.10 Å². The Hall–Kier alpha value is -1.73. The molecule has 0 aromatic carbocycles. The monoisotopic (exact) mass is 351 g/mol. The van der Waals surface area contributed by atoms with E-state index in [0.29, 0.717) is 11.1 Å². The average Bonchev–Trinajstić information content (AvgIpc) is 2.99. The average molecular weight is 351 g/mol. The maximum Gasteiger partial charge on any atom is 0.285 e. The Bertz CT molecular complexity index is 775. The molecule has 0 fully saturated rings. The Balaban J connectivity index is 2.41. The van der Waals surface area contributed by atoms with Crippen molar-refractivity contribution in [2.45, 2.75) is 59.0 Å². The van der Waals surface area contributed by atoms with Gasteiger partial charge in [0.05, 0.1) is 18.3 Å². The van der Waals surface area contributed by atoms with Crippen molar-refractivity contribution in [3.8, 4) is 0 Å². The molecular weight excluding hydrogens is 326 g/mol. The second-order valence-corrected chi connectivity index (χ2v) is 7.30. The summed E-state index contributed by atoms with van der Waals surface area (Å²) in [6.07, 6.45) is 1.50. The summed E-state index contributed by atoms with van der Waals surface area (Å²) in [4.78, 5) is 26.0. The molecule has 6 nitrogen and oxygen atoms in total. The largest absolute Gasteiger partial charge is 0.394 e. The minimum absolute atomic E-state index is 0.119. The quantitative estimate of drug-likeness (QED) is 0.799. The van der Waals surface area contributed by atoms with Crippen LogP contribution in [0.15, 0.2) is 10.9 Å². The van der Waals surface area contributed by atoms with Gasteiger partial charge < -0.3 is 10.4 Å². The lowest BCUT2D eigenvalue weighted by molar-refractivity contribution is -0.123. The fourth-order valence-corrected chi connectivity index (χ4v) is 3.58. The Morgan fingerprint density at radius 2 is 2.12 bits per heavy atom. The fraction of sp³-hybridized carbons (Fsp3) is 0.588. The third-order valence-electron chi connectivity index (χ3n) is 3.98. The van der Waals surface area contributed by atoms with Crippen LogP contribution < -0.4 is 10.9 Å². The highest BCUT2D eigenvalue weighted by Crippen LogP contribution is 2.28. The first-order valence-electron chi connectivity index (χ1n) is 8.34. The van der Waals surface area contributed by atoms with E-state index in [2.05, 4.69) is 17.3 Å².